The van der Waals surface area contributed by atoms with Gasteiger partial charge in [-0.05, 0) is 143 Å². The Bertz CT molecular complexity index is 2700. The van der Waals surface area contributed by atoms with Crippen molar-refractivity contribution in [1.29, 1.82) is 0 Å². The van der Waals surface area contributed by atoms with Gasteiger partial charge in [0.15, 0.2) is 5.71 Å². The molecule has 2 heterocycles. The summed E-state index contributed by atoms with van der Waals surface area (Å²) in [6.45, 7) is 15.6. The van der Waals surface area contributed by atoms with E-state index in [1.165, 1.54) is 36.4 Å². The molecule has 3 aromatic carbocycles. The molecule has 3 N–H and O–H groups in total. The second kappa shape index (κ2) is 19.5. The summed E-state index contributed by atoms with van der Waals surface area (Å²) in [5.74, 6) is 0.0858. The molecule has 3 aliphatic rings. The standard InChI is InChI=1S/C47H56N2O12S3/c1-8-24-48-40(46(4,5)38-28-35(62-61-60-52)26-30(2)43(38)48)22-16-32-13-12-14-33(45(32)59-34-18-20-36(21-19-34)63(53,54)55)17-23-41-47(6,7)39-29-37(64(56,57)58)27-31(3)44(39)49(41)25-11-9-10-15-42(50)51/h16-23,26-29H,8-15,24-25H2,1-7H3,(H3-,50,51,52,53,54,55,56,57,58). The average Bonchev–Trinajstić information content (AvgIpc) is 3.56. The molecule has 14 nitrogen and oxygen atoms in total. The summed E-state index contributed by atoms with van der Waals surface area (Å²) in [4.78, 5) is 13.7. The molecule has 0 aromatic heterocycles. The summed E-state index contributed by atoms with van der Waals surface area (Å²) < 4.78 is 82.0. The highest BCUT2D eigenvalue weighted by molar-refractivity contribution is 7.94. The molecular weight excluding hydrogens is 881 g/mol. The second-order valence-corrected chi connectivity index (χ2v) is 21.1. The Morgan fingerprint density at radius 2 is 1.58 bits per heavy atom. The van der Waals surface area contributed by atoms with E-state index in [2.05, 4.69) is 51.8 Å². The largest absolute Gasteiger partial charge is 0.691 e. The van der Waals surface area contributed by atoms with E-state index in [1.54, 1.807) is 0 Å². The van der Waals surface area contributed by atoms with Gasteiger partial charge in [0.1, 0.15) is 18.1 Å². The molecule has 0 unspecified atom stereocenters. The summed E-state index contributed by atoms with van der Waals surface area (Å²) >= 11 is 0.856. The molecule has 3 aromatic rings. The van der Waals surface area contributed by atoms with Crippen LogP contribution in [0.4, 0.5) is 11.4 Å². The Labute approximate surface area is 380 Å². The lowest BCUT2D eigenvalue weighted by atomic mass is 9.80. The zero-order valence-electron chi connectivity index (χ0n) is 37.1. The van der Waals surface area contributed by atoms with E-state index in [1.807, 2.05) is 52.0 Å². The molecule has 64 heavy (non-hydrogen) atoms. The fourth-order valence-electron chi connectivity index (χ4n) is 9.12. The highest BCUT2D eigenvalue weighted by Gasteiger charge is 2.46. The van der Waals surface area contributed by atoms with Gasteiger partial charge in [0.05, 0.1) is 27.2 Å². The number of hydrogen-bond acceptors (Lipinski definition) is 11. The lowest BCUT2D eigenvalue weighted by Crippen LogP contribution is -2.28. The zero-order chi connectivity index (χ0) is 46.8. The van der Waals surface area contributed by atoms with Gasteiger partial charge < -0.3 is 20.0 Å². The quantitative estimate of drug-likeness (QED) is 0.0272. The number of carbonyl (C=O) groups is 1. The number of rotatable bonds is 18. The minimum Gasteiger partial charge on any atom is -0.691 e. The number of carboxylic acids is 1. The first-order valence-corrected chi connectivity index (χ1v) is 24.8. The summed E-state index contributed by atoms with van der Waals surface area (Å²) in [7, 11) is -8.95. The van der Waals surface area contributed by atoms with Gasteiger partial charge in [-0.1, -0.05) is 33.3 Å². The van der Waals surface area contributed by atoms with Crippen LogP contribution in [0.2, 0.25) is 0 Å². The van der Waals surface area contributed by atoms with E-state index in [4.69, 9.17) is 4.74 Å². The van der Waals surface area contributed by atoms with E-state index in [9.17, 15) is 41.1 Å². The summed E-state index contributed by atoms with van der Waals surface area (Å²) in [5, 5.41) is 23.5. The van der Waals surface area contributed by atoms with E-state index in [0.717, 1.165) is 86.9 Å². The Kier molecular flexibility index (Phi) is 14.9. The van der Waals surface area contributed by atoms with Crippen LogP contribution in [0.1, 0.15) is 108 Å². The Morgan fingerprint density at radius 1 is 0.875 bits per heavy atom. The molecule has 0 amide bonds. The number of allylic oxidation sites excluding steroid dienone is 7. The third-order valence-corrected chi connectivity index (χ3v) is 14.4. The minimum atomic E-state index is -4.50. The molecular formula is C47H56N2O12S3. The number of aryl methyl sites for hydroxylation is 2. The van der Waals surface area contributed by atoms with Crippen molar-refractivity contribution in [3.05, 3.63) is 118 Å². The van der Waals surface area contributed by atoms with Gasteiger partial charge in [0, 0.05) is 58.3 Å². The van der Waals surface area contributed by atoms with Crippen LogP contribution in [0.3, 0.4) is 0 Å². The number of benzene rings is 3. The van der Waals surface area contributed by atoms with Crippen LogP contribution in [0.25, 0.3) is 0 Å². The topological polar surface area (TPSA) is 203 Å². The number of nitrogens with zero attached hydrogens (tertiary/aromatic N) is 2. The maximum Gasteiger partial charge on any atom is 0.303 e. The van der Waals surface area contributed by atoms with Crippen molar-refractivity contribution in [1.82, 2.24) is 0 Å². The maximum absolute atomic E-state index is 12.4. The molecule has 2 aliphatic heterocycles. The summed E-state index contributed by atoms with van der Waals surface area (Å²) in [5.41, 5.74) is 7.93. The predicted molar refractivity (Wildman–Crippen MR) is 243 cm³/mol. The van der Waals surface area contributed by atoms with Gasteiger partial charge in [0.25, 0.3) is 20.2 Å². The van der Waals surface area contributed by atoms with Gasteiger partial charge in [-0.25, -0.2) is 0 Å². The molecule has 0 saturated heterocycles. The Morgan fingerprint density at radius 3 is 2.22 bits per heavy atom. The molecule has 17 heteroatoms. The van der Waals surface area contributed by atoms with Crippen molar-refractivity contribution in [2.24, 2.45) is 0 Å². The molecule has 0 fully saturated rings. The first kappa shape index (κ1) is 48.9. The first-order chi connectivity index (χ1) is 30.1. The van der Waals surface area contributed by atoms with Gasteiger partial charge in [0.2, 0.25) is 5.69 Å². The number of unbranched alkanes of at least 4 members (excludes halogenated alkanes) is 2. The van der Waals surface area contributed by atoms with Crippen molar-refractivity contribution in [3.8, 4) is 5.75 Å². The van der Waals surface area contributed by atoms with Crippen LogP contribution in [-0.2, 0) is 45.2 Å². The monoisotopic (exact) mass is 936 g/mol. The Hall–Kier alpha value is -4.59. The molecule has 0 saturated carbocycles. The SMILES string of the molecule is CCC[N+]1=C(/C=C/C2=C(Oc3ccc(S(=O)(=O)O)cc3)C(=C/C=C3/N(CCCCCC(=O)O)c4c(C)cc(S(=O)(=O)O)cc4C3(C)C)/CCC2)C(C)(C)c2cc(SOO[O-])cc(C)c21. The average molecular weight is 937 g/mol. The van der Waals surface area contributed by atoms with Crippen LogP contribution in [0.5, 0.6) is 5.75 Å². The zero-order valence-corrected chi connectivity index (χ0v) is 39.6. The van der Waals surface area contributed by atoms with E-state index in [-0.39, 0.29) is 16.2 Å². The lowest BCUT2D eigenvalue weighted by molar-refractivity contribution is -0.777. The molecule has 0 atom stereocenters. The van der Waals surface area contributed by atoms with Crippen LogP contribution >= 0.6 is 12.0 Å². The van der Waals surface area contributed by atoms with E-state index in [0.29, 0.717) is 55.7 Å². The smallest absolute Gasteiger partial charge is 0.303 e. The molecule has 1 aliphatic carbocycles. The number of ether oxygens (including phenoxy) is 1. The second-order valence-electron chi connectivity index (χ2n) is 17.4. The van der Waals surface area contributed by atoms with Gasteiger partial charge in [-0.15, -0.1) is 0 Å². The Balaban J connectivity index is 1.48. The number of fused-ring (bicyclic) bond motifs is 2. The van der Waals surface area contributed by atoms with Crippen LogP contribution in [0, 0.1) is 13.8 Å². The minimum absolute atomic E-state index is 0.0624. The highest BCUT2D eigenvalue weighted by atomic mass is 32.2. The third-order valence-electron chi connectivity index (χ3n) is 12.2. The van der Waals surface area contributed by atoms with Crippen molar-refractivity contribution in [2.45, 2.75) is 125 Å². The fraction of sp³-hybridized carbons (Fsp3) is 0.404. The number of anilines is 1. The first-order valence-electron chi connectivity index (χ1n) is 21.2. The molecule has 0 spiro atoms. The number of hydrogen-bond donors (Lipinski definition) is 3. The maximum atomic E-state index is 12.4. The van der Waals surface area contributed by atoms with Crippen molar-refractivity contribution >= 4 is 55.3 Å². The van der Waals surface area contributed by atoms with Crippen LogP contribution < -0.4 is 14.9 Å². The lowest BCUT2D eigenvalue weighted by Gasteiger charge is -2.28. The number of aliphatic carboxylic acids is 1. The fourth-order valence-corrected chi connectivity index (χ4v) is 10.7. The summed E-state index contributed by atoms with van der Waals surface area (Å²) in [6, 6.07) is 12.5. The van der Waals surface area contributed by atoms with Crippen molar-refractivity contribution < 1.29 is 59.8 Å². The van der Waals surface area contributed by atoms with Gasteiger partial charge >= 0.3 is 5.97 Å². The molecule has 344 valence electrons. The summed E-state index contributed by atoms with van der Waals surface area (Å²) in [6.07, 6.45) is 13.1. The molecule has 0 bridgehead atoms. The van der Waals surface area contributed by atoms with Crippen LogP contribution in [0.15, 0.2) is 110 Å². The normalized spacial score (nSPS) is 18.4. The predicted octanol–water partition coefficient (Wildman–Crippen LogP) is 9.14. The van der Waals surface area contributed by atoms with Gasteiger partial charge in [-0.2, -0.15) is 25.7 Å². The van der Waals surface area contributed by atoms with Crippen molar-refractivity contribution in [3.63, 3.8) is 0 Å². The van der Waals surface area contributed by atoms with Gasteiger partial charge in [-0.3, -0.25) is 18.9 Å². The third kappa shape index (κ3) is 10.4. The highest BCUT2D eigenvalue weighted by Crippen LogP contribution is 2.51. The van der Waals surface area contributed by atoms with E-state index < -0.39 is 37.0 Å². The molecule has 0 radical (unpaired) electrons. The van der Waals surface area contributed by atoms with E-state index >= 15 is 0 Å². The van der Waals surface area contributed by atoms with Crippen molar-refractivity contribution in [2.75, 3.05) is 18.0 Å². The molecule has 6 rings (SSSR count). The number of carboxylic acid groups (broad SMARTS) is 1. The van der Waals surface area contributed by atoms with Crippen LogP contribution in [-0.4, -0.2) is 60.4 Å².